The third-order valence-electron chi connectivity index (χ3n) is 4.55. The molecule has 0 spiro atoms. The van der Waals surface area contributed by atoms with Crippen LogP contribution in [0.25, 0.3) is 10.8 Å². The summed E-state index contributed by atoms with van der Waals surface area (Å²) in [5, 5.41) is 11.9. The smallest absolute Gasteiger partial charge is 0.320 e. The van der Waals surface area contributed by atoms with Gasteiger partial charge in [0, 0.05) is 6.04 Å². The van der Waals surface area contributed by atoms with Gasteiger partial charge in [0.1, 0.15) is 6.04 Å². The van der Waals surface area contributed by atoms with Crippen LogP contribution in [-0.4, -0.2) is 28.6 Å². The highest BCUT2D eigenvalue weighted by atomic mass is 16.4. The van der Waals surface area contributed by atoms with E-state index >= 15 is 0 Å². The first-order chi connectivity index (χ1) is 10.2. The van der Waals surface area contributed by atoms with E-state index < -0.39 is 5.97 Å². The molecule has 0 bridgehead atoms. The summed E-state index contributed by atoms with van der Waals surface area (Å²) in [6.07, 6.45) is 2.66. The molecule has 2 aromatic carbocycles. The Hall–Kier alpha value is -1.87. The third kappa shape index (κ3) is 2.54. The van der Waals surface area contributed by atoms with Gasteiger partial charge >= 0.3 is 5.97 Å². The number of likely N-dealkylation sites (tertiary alicyclic amines) is 1. The van der Waals surface area contributed by atoms with Crippen LogP contribution in [0, 0.1) is 0 Å². The van der Waals surface area contributed by atoms with E-state index in [9.17, 15) is 9.90 Å². The first-order valence-corrected chi connectivity index (χ1v) is 7.68. The molecule has 3 rings (SSSR count). The summed E-state index contributed by atoms with van der Waals surface area (Å²) in [5.74, 6) is -0.689. The number of carbonyl (C=O) groups is 1. The van der Waals surface area contributed by atoms with Crippen LogP contribution in [0.15, 0.2) is 42.5 Å². The van der Waals surface area contributed by atoms with E-state index in [1.165, 1.54) is 16.3 Å². The molecule has 0 amide bonds. The second-order valence-electron chi connectivity index (χ2n) is 5.73. The zero-order valence-corrected chi connectivity index (χ0v) is 12.3. The van der Waals surface area contributed by atoms with Crippen LogP contribution < -0.4 is 0 Å². The maximum atomic E-state index is 11.5. The van der Waals surface area contributed by atoms with Crippen LogP contribution in [0.3, 0.4) is 0 Å². The number of carboxylic acids is 1. The molecule has 2 atom stereocenters. The first kappa shape index (κ1) is 14.1. The van der Waals surface area contributed by atoms with Crippen molar-refractivity contribution in [1.29, 1.82) is 0 Å². The van der Waals surface area contributed by atoms with Crippen molar-refractivity contribution in [3.05, 3.63) is 48.0 Å². The minimum Gasteiger partial charge on any atom is -0.480 e. The molecule has 3 heteroatoms. The standard InChI is InChI=1S/C18H21NO2/c1-2-16(19-12-6-11-17(19)18(20)21)15-10-5-8-13-7-3-4-9-14(13)15/h3-5,7-10,16-17H,2,6,11-12H2,1H3,(H,20,21). The molecule has 0 saturated carbocycles. The van der Waals surface area contributed by atoms with Crippen molar-refractivity contribution in [3.8, 4) is 0 Å². The van der Waals surface area contributed by atoms with Crippen molar-refractivity contribution in [2.24, 2.45) is 0 Å². The number of hydrogen-bond acceptors (Lipinski definition) is 2. The van der Waals surface area contributed by atoms with Crippen molar-refractivity contribution in [3.63, 3.8) is 0 Å². The van der Waals surface area contributed by atoms with Crippen molar-refractivity contribution >= 4 is 16.7 Å². The number of aliphatic carboxylic acids is 1. The van der Waals surface area contributed by atoms with Crippen LogP contribution >= 0.6 is 0 Å². The Morgan fingerprint density at radius 1 is 1.29 bits per heavy atom. The Kier molecular flexibility index (Phi) is 3.93. The molecule has 0 aliphatic carbocycles. The van der Waals surface area contributed by atoms with Gasteiger partial charge in [-0.1, -0.05) is 49.4 Å². The summed E-state index contributed by atoms with van der Waals surface area (Å²) >= 11 is 0. The Morgan fingerprint density at radius 2 is 2.05 bits per heavy atom. The lowest BCUT2D eigenvalue weighted by Crippen LogP contribution is -2.38. The highest BCUT2D eigenvalue weighted by Gasteiger charge is 2.35. The number of benzene rings is 2. The van der Waals surface area contributed by atoms with Crippen molar-refractivity contribution in [2.75, 3.05) is 6.54 Å². The molecule has 1 aliphatic rings. The van der Waals surface area contributed by atoms with Gasteiger partial charge in [0.15, 0.2) is 0 Å². The molecule has 0 aromatic heterocycles. The summed E-state index contributed by atoms with van der Waals surface area (Å²) < 4.78 is 0. The fraction of sp³-hybridized carbons (Fsp3) is 0.389. The molecule has 1 fully saturated rings. The van der Waals surface area contributed by atoms with E-state index in [1.807, 2.05) is 6.07 Å². The van der Waals surface area contributed by atoms with Gasteiger partial charge < -0.3 is 5.11 Å². The molecule has 1 aliphatic heterocycles. The predicted molar refractivity (Wildman–Crippen MR) is 84.3 cm³/mol. The monoisotopic (exact) mass is 283 g/mol. The Morgan fingerprint density at radius 3 is 2.81 bits per heavy atom. The van der Waals surface area contributed by atoms with Gasteiger partial charge in [-0.15, -0.1) is 0 Å². The normalized spacial score (nSPS) is 20.7. The fourth-order valence-electron chi connectivity index (χ4n) is 3.60. The average Bonchev–Trinajstić information content (AvgIpc) is 2.98. The Balaban J connectivity index is 2.04. The third-order valence-corrected chi connectivity index (χ3v) is 4.55. The van der Waals surface area contributed by atoms with Gasteiger partial charge in [-0.2, -0.15) is 0 Å². The Bertz CT molecular complexity index is 647. The molecule has 2 unspecified atom stereocenters. The van der Waals surface area contributed by atoms with E-state index in [1.54, 1.807) is 0 Å². The SMILES string of the molecule is CCC(c1cccc2ccccc12)N1CCCC1C(=O)O. The van der Waals surface area contributed by atoms with Crippen LogP contribution in [0.2, 0.25) is 0 Å². The largest absolute Gasteiger partial charge is 0.480 e. The van der Waals surface area contributed by atoms with Crippen molar-refractivity contribution in [1.82, 2.24) is 4.90 Å². The van der Waals surface area contributed by atoms with Gasteiger partial charge in [-0.05, 0) is 42.1 Å². The Labute approximate surface area is 125 Å². The second-order valence-corrected chi connectivity index (χ2v) is 5.73. The number of nitrogens with zero attached hydrogens (tertiary/aromatic N) is 1. The second kappa shape index (κ2) is 5.86. The topological polar surface area (TPSA) is 40.5 Å². The zero-order valence-electron chi connectivity index (χ0n) is 12.3. The van der Waals surface area contributed by atoms with Gasteiger partial charge in [0.05, 0.1) is 0 Å². The molecule has 2 aromatic rings. The molecule has 1 saturated heterocycles. The minimum absolute atomic E-state index is 0.180. The molecule has 21 heavy (non-hydrogen) atoms. The highest BCUT2D eigenvalue weighted by molar-refractivity contribution is 5.86. The summed E-state index contributed by atoms with van der Waals surface area (Å²) in [4.78, 5) is 13.7. The number of fused-ring (bicyclic) bond motifs is 1. The zero-order chi connectivity index (χ0) is 14.8. The van der Waals surface area contributed by atoms with E-state index in [0.717, 1.165) is 25.8 Å². The molecular weight excluding hydrogens is 262 g/mol. The first-order valence-electron chi connectivity index (χ1n) is 7.68. The molecule has 0 radical (unpaired) electrons. The predicted octanol–water partition coefficient (Wildman–Crippen LogP) is 3.84. The maximum Gasteiger partial charge on any atom is 0.320 e. The van der Waals surface area contributed by atoms with Gasteiger partial charge in [0.25, 0.3) is 0 Å². The summed E-state index contributed by atoms with van der Waals surface area (Å²) in [6.45, 7) is 3.02. The summed E-state index contributed by atoms with van der Waals surface area (Å²) in [5.41, 5.74) is 1.25. The number of hydrogen-bond donors (Lipinski definition) is 1. The highest BCUT2D eigenvalue weighted by Crippen LogP contribution is 2.35. The van der Waals surface area contributed by atoms with Crippen LogP contribution in [0.1, 0.15) is 37.8 Å². The molecule has 1 N–H and O–H groups in total. The van der Waals surface area contributed by atoms with Crippen LogP contribution in [0.4, 0.5) is 0 Å². The van der Waals surface area contributed by atoms with E-state index in [2.05, 4.69) is 48.2 Å². The van der Waals surface area contributed by atoms with E-state index in [-0.39, 0.29) is 12.1 Å². The van der Waals surface area contributed by atoms with Gasteiger partial charge in [0.2, 0.25) is 0 Å². The van der Waals surface area contributed by atoms with Crippen molar-refractivity contribution < 1.29 is 9.90 Å². The summed E-state index contributed by atoms with van der Waals surface area (Å²) in [7, 11) is 0. The quantitative estimate of drug-likeness (QED) is 0.926. The van der Waals surface area contributed by atoms with Crippen LogP contribution in [0.5, 0.6) is 0 Å². The average molecular weight is 283 g/mol. The van der Waals surface area contributed by atoms with Gasteiger partial charge in [-0.25, -0.2) is 0 Å². The lowest BCUT2D eigenvalue weighted by atomic mass is 9.95. The lowest BCUT2D eigenvalue weighted by molar-refractivity contribution is -0.143. The molecule has 110 valence electrons. The fourth-order valence-corrected chi connectivity index (χ4v) is 3.60. The maximum absolute atomic E-state index is 11.5. The molecule has 3 nitrogen and oxygen atoms in total. The number of carboxylic acid groups (broad SMARTS) is 1. The van der Waals surface area contributed by atoms with Crippen molar-refractivity contribution in [2.45, 2.75) is 38.3 Å². The minimum atomic E-state index is -0.689. The number of rotatable bonds is 4. The molecule has 1 heterocycles. The lowest BCUT2D eigenvalue weighted by Gasteiger charge is -2.31. The van der Waals surface area contributed by atoms with Gasteiger partial charge in [-0.3, -0.25) is 9.69 Å². The van der Waals surface area contributed by atoms with Crippen LogP contribution in [-0.2, 0) is 4.79 Å². The molecular formula is C18H21NO2. The summed E-state index contributed by atoms with van der Waals surface area (Å²) in [6, 6.07) is 14.5. The van der Waals surface area contributed by atoms with E-state index in [4.69, 9.17) is 0 Å². The van der Waals surface area contributed by atoms with E-state index in [0.29, 0.717) is 0 Å².